The molecule has 1 aliphatic carbocycles. The normalized spacial score (nSPS) is 25.8. The first-order chi connectivity index (χ1) is 8.15. The Balaban J connectivity index is 1.89. The van der Waals surface area contributed by atoms with Gasteiger partial charge < -0.3 is 15.4 Å². The molecule has 2 N–H and O–H groups in total. The molecule has 0 aromatic rings. The Morgan fingerprint density at radius 3 is 2.65 bits per heavy atom. The molecular formula is C12H23N3OS. The summed E-state index contributed by atoms with van der Waals surface area (Å²) in [6, 6.07) is 0. The number of nitrogens with zero attached hydrogens (tertiary/aromatic N) is 2. The molecule has 1 unspecified atom stereocenters. The number of thioether (sulfide) groups is 1. The summed E-state index contributed by atoms with van der Waals surface area (Å²) in [5.74, 6) is 3.66. The van der Waals surface area contributed by atoms with Gasteiger partial charge in [-0.05, 0) is 25.7 Å². The molecule has 1 saturated carbocycles. The van der Waals surface area contributed by atoms with Gasteiger partial charge in [-0.25, -0.2) is 0 Å². The van der Waals surface area contributed by atoms with Gasteiger partial charge in [-0.1, -0.05) is 0 Å². The van der Waals surface area contributed by atoms with Crippen molar-refractivity contribution in [2.45, 2.75) is 25.4 Å². The van der Waals surface area contributed by atoms with Gasteiger partial charge >= 0.3 is 0 Å². The van der Waals surface area contributed by atoms with Gasteiger partial charge in [-0.2, -0.15) is 11.8 Å². The fraction of sp³-hybridized carbons (Fsp3) is 0.917. The first-order valence-corrected chi connectivity index (χ1v) is 7.49. The highest BCUT2D eigenvalue weighted by Crippen LogP contribution is 2.41. The smallest absolute Gasteiger partial charge is 0.191 e. The standard InChI is InChI=1S/C12H23N3OS/c1-12(16-2,10-3-4-10)9-14-11(13)15-5-7-17-8-6-15/h10H,3-9H2,1-2H3,(H2,13,14). The maximum atomic E-state index is 6.04. The second-order valence-electron chi connectivity index (χ2n) is 5.06. The highest BCUT2D eigenvalue weighted by molar-refractivity contribution is 7.99. The molecule has 0 aromatic heterocycles. The van der Waals surface area contributed by atoms with Crippen LogP contribution in [-0.2, 0) is 4.74 Å². The van der Waals surface area contributed by atoms with E-state index < -0.39 is 0 Å². The van der Waals surface area contributed by atoms with Crippen molar-refractivity contribution in [2.75, 3.05) is 38.2 Å². The molecular weight excluding hydrogens is 234 g/mol. The average Bonchev–Trinajstić information content (AvgIpc) is 3.21. The Labute approximate surface area is 108 Å². The summed E-state index contributed by atoms with van der Waals surface area (Å²) >= 11 is 1.98. The molecule has 2 fully saturated rings. The Kier molecular flexibility index (Phi) is 4.20. The summed E-state index contributed by atoms with van der Waals surface area (Å²) in [6.45, 7) is 4.87. The van der Waals surface area contributed by atoms with Crippen molar-refractivity contribution in [2.24, 2.45) is 16.6 Å². The van der Waals surface area contributed by atoms with Crippen LogP contribution >= 0.6 is 11.8 Å². The zero-order chi connectivity index (χ0) is 12.3. The minimum atomic E-state index is -0.116. The fourth-order valence-electron chi connectivity index (χ4n) is 2.18. The van der Waals surface area contributed by atoms with Crippen LogP contribution in [0.2, 0.25) is 0 Å². The number of hydrogen-bond acceptors (Lipinski definition) is 3. The van der Waals surface area contributed by atoms with Gasteiger partial charge in [0.25, 0.3) is 0 Å². The van der Waals surface area contributed by atoms with E-state index in [1.165, 1.54) is 12.8 Å². The van der Waals surface area contributed by atoms with Crippen molar-refractivity contribution in [3.63, 3.8) is 0 Å². The lowest BCUT2D eigenvalue weighted by atomic mass is 10.0. The Bertz CT molecular complexity index is 287. The van der Waals surface area contributed by atoms with Gasteiger partial charge in [-0.15, -0.1) is 0 Å². The Morgan fingerprint density at radius 1 is 1.47 bits per heavy atom. The number of ether oxygens (including phenoxy) is 1. The fourth-order valence-corrected chi connectivity index (χ4v) is 3.09. The number of methoxy groups -OCH3 is 1. The zero-order valence-electron chi connectivity index (χ0n) is 10.8. The molecule has 0 radical (unpaired) electrons. The summed E-state index contributed by atoms with van der Waals surface area (Å²) in [5.41, 5.74) is 5.93. The van der Waals surface area contributed by atoms with Crippen LogP contribution in [0.3, 0.4) is 0 Å². The molecule has 0 aromatic carbocycles. The predicted octanol–water partition coefficient (Wildman–Crippen LogP) is 1.16. The van der Waals surface area contributed by atoms with Crippen molar-refractivity contribution in [1.82, 2.24) is 4.90 Å². The first kappa shape index (κ1) is 13.0. The molecule has 17 heavy (non-hydrogen) atoms. The van der Waals surface area contributed by atoms with Crippen molar-refractivity contribution in [3.05, 3.63) is 0 Å². The lowest BCUT2D eigenvalue weighted by Gasteiger charge is -2.30. The number of guanidine groups is 1. The molecule has 2 aliphatic rings. The van der Waals surface area contributed by atoms with Crippen LogP contribution in [0.1, 0.15) is 19.8 Å². The molecule has 1 aliphatic heterocycles. The van der Waals surface area contributed by atoms with Gasteiger partial charge in [0.2, 0.25) is 0 Å². The van der Waals surface area contributed by atoms with Gasteiger partial charge in [0.05, 0.1) is 12.1 Å². The van der Waals surface area contributed by atoms with E-state index in [0.717, 1.165) is 24.6 Å². The van der Waals surface area contributed by atoms with Gasteiger partial charge in [0, 0.05) is 31.7 Å². The van der Waals surface area contributed by atoms with Crippen LogP contribution in [0.4, 0.5) is 0 Å². The van der Waals surface area contributed by atoms with Crippen LogP contribution in [0, 0.1) is 5.92 Å². The third-order valence-corrected chi connectivity index (χ3v) is 4.74. The molecule has 98 valence electrons. The lowest BCUT2D eigenvalue weighted by molar-refractivity contribution is -0.00487. The average molecular weight is 257 g/mol. The van der Waals surface area contributed by atoms with Crippen LogP contribution < -0.4 is 5.73 Å². The molecule has 0 bridgehead atoms. The summed E-state index contributed by atoms with van der Waals surface area (Å²) in [5, 5.41) is 0. The van der Waals surface area contributed by atoms with Gasteiger partial charge in [-0.3, -0.25) is 4.99 Å². The molecule has 1 saturated heterocycles. The minimum Gasteiger partial charge on any atom is -0.376 e. The number of hydrogen-bond donors (Lipinski definition) is 1. The number of aliphatic imine (C=N–C) groups is 1. The summed E-state index contributed by atoms with van der Waals surface area (Å²) in [7, 11) is 1.78. The van der Waals surface area contributed by atoms with E-state index in [2.05, 4.69) is 16.8 Å². The van der Waals surface area contributed by atoms with Crippen molar-refractivity contribution >= 4 is 17.7 Å². The largest absolute Gasteiger partial charge is 0.376 e. The summed E-state index contributed by atoms with van der Waals surface area (Å²) < 4.78 is 5.61. The van der Waals surface area contributed by atoms with Crippen molar-refractivity contribution in [1.29, 1.82) is 0 Å². The topological polar surface area (TPSA) is 50.9 Å². The second-order valence-corrected chi connectivity index (χ2v) is 6.29. The van der Waals surface area contributed by atoms with Gasteiger partial charge in [0.1, 0.15) is 0 Å². The van der Waals surface area contributed by atoms with Crippen LogP contribution in [0.15, 0.2) is 4.99 Å². The highest BCUT2D eigenvalue weighted by Gasteiger charge is 2.41. The van der Waals surface area contributed by atoms with E-state index in [1.807, 2.05) is 11.8 Å². The van der Waals surface area contributed by atoms with E-state index >= 15 is 0 Å². The highest BCUT2D eigenvalue weighted by atomic mass is 32.2. The van der Waals surface area contributed by atoms with E-state index in [1.54, 1.807) is 7.11 Å². The molecule has 4 nitrogen and oxygen atoms in total. The van der Waals surface area contributed by atoms with Gasteiger partial charge in [0.15, 0.2) is 5.96 Å². The third kappa shape index (κ3) is 3.28. The summed E-state index contributed by atoms with van der Waals surface area (Å²) in [4.78, 5) is 6.72. The van der Waals surface area contributed by atoms with Crippen LogP contribution in [0.25, 0.3) is 0 Å². The maximum absolute atomic E-state index is 6.04. The predicted molar refractivity (Wildman–Crippen MR) is 73.5 cm³/mol. The molecule has 2 rings (SSSR count). The third-order valence-electron chi connectivity index (χ3n) is 3.80. The van der Waals surface area contributed by atoms with Crippen LogP contribution in [-0.4, -0.2) is 54.7 Å². The molecule has 0 amide bonds. The number of nitrogens with two attached hydrogens (primary N) is 1. The second kappa shape index (κ2) is 5.48. The summed E-state index contributed by atoms with van der Waals surface area (Å²) in [6.07, 6.45) is 2.53. The molecule has 5 heteroatoms. The van der Waals surface area contributed by atoms with Crippen molar-refractivity contribution in [3.8, 4) is 0 Å². The monoisotopic (exact) mass is 257 g/mol. The molecule has 1 heterocycles. The molecule has 1 atom stereocenters. The first-order valence-electron chi connectivity index (χ1n) is 6.33. The Hall–Kier alpha value is -0.420. The SMILES string of the molecule is COC(C)(CN=C(N)N1CCSCC1)C1CC1. The lowest BCUT2D eigenvalue weighted by Crippen LogP contribution is -2.44. The Morgan fingerprint density at radius 2 is 2.12 bits per heavy atom. The van der Waals surface area contributed by atoms with E-state index in [9.17, 15) is 0 Å². The van der Waals surface area contributed by atoms with E-state index in [4.69, 9.17) is 10.5 Å². The number of rotatable bonds is 4. The van der Waals surface area contributed by atoms with E-state index in [0.29, 0.717) is 18.4 Å². The minimum absolute atomic E-state index is 0.116. The van der Waals surface area contributed by atoms with Crippen molar-refractivity contribution < 1.29 is 4.74 Å². The molecule has 0 spiro atoms. The zero-order valence-corrected chi connectivity index (χ0v) is 11.6. The van der Waals surface area contributed by atoms with E-state index in [-0.39, 0.29) is 5.60 Å². The maximum Gasteiger partial charge on any atom is 0.191 e. The van der Waals surface area contributed by atoms with Crippen LogP contribution in [0.5, 0.6) is 0 Å². The quantitative estimate of drug-likeness (QED) is 0.606.